The fraction of sp³-hybridized carbons (Fsp3) is 0.613. The van der Waals surface area contributed by atoms with Crippen LogP contribution in [0.25, 0.3) is 10.1 Å². The molecule has 1 spiro atoms. The monoisotopic (exact) mass is 680 g/mol. The van der Waals surface area contributed by atoms with Crippen LogP contribution in [0.4, 0.5) is 8.78 Å². The summed E-state index contributed by atoms with van der Waals surface area (Å²) in [6.07, 6.45) is 8.44. The van der Waals surface area contributed by atoms with Gasteiger partial charge in [0.15, 0.2) is 0 Å². The summed E-state index contributed by atoms with van der Waals surface area (Å²) < 4.78 is 40.5. The number of rotatable bonds is 5. The molecule has 3 aliphatic heterocycles. The lowest BCUT2D eigenvalue weighted by molar-refractivity contribution is -0.148. The van der Waals surface area contributed by atoms with Crippen LogP contribution >= 0.6 is 18.9 Å². The molecule has 3 saturated heterocycles. The smallest absolute Gasteiger partial charge is 0.340 e. The highest BCUT2D eigenvalue weighted by molar-refractivity contribution is 7.52. The summed E-state index contributed by atoms with van der Waals surface area (Å²) >= 11 is 0.973. The summed E-state index contributed by atoms with van der Waals surface area (Å²) in [5.74, 6) is -1.40. The van der Waals surface area contributed by atoms with E-state index in [-0.39, 0.29) is 40.1 Å². The summed E-state index contributed by atoms with van der Waals surface area (Å²) in [5, 5.41) is 2.93. The molecule has 1 aromatic carbocycles. The van der Waals surface area contributed by atoms with Gasteiger partial charge in [0.1, 0.15) is 12.1 Å². The zero-order valence-electron chi connectivity index (χ0n) is 25.6. The Labute approximate surface area is 269 Å². The summed E-state index contributed by atoms with van der Waals surface area (Å²) in [7, 11) is -5.78. The van der Waals surface area contributed by atoms with E-state index in [1.165, 1.54) is 43.2 Å². The van der Waals surface area contributed by atoms with Gasteiger partial charge in [-0.3, -0.25) is 23.7 Å². The third-order valence-electron chi connectivity index (χ3n) is 10.3. The number of carbonyl (C=O) groups excluding carboxylic acids is 4. The molecular formula is C31H39F2N4O7PS. The third kappa shape index (κ3) is 6.09. The Morgan fingerprint density at radius 1 is 1.02 bits per heavy atom. The fourth-order valence-electron chi connectivity index (χ4n) is 7.79. The van der Waals surface area contributed by atoms with Gasteiger partial charge in [0.05, 0.1) is 4.88 Å². The third-order valence-corrected chi connectivity index (χ3v) is 12.4. The summed E-state index contributed by atoms with van der Waals surface area (Å²) in [6.45, 7) is 3.06. The summed E-state index contributed by atoms with van der Waals surface area (Å²) in [4.78, 5) is 77.5. The van der Waals surface area contributed by atoms with E-state index in [9.17, 15) is 32.5 Å². The van der Waals surface area contributed by atoms with Gasteiger partial charge < -0.3 is 29.8 Å². The molecule has 46 heavy (non-hydrogen) atoms. The number of likely N-dealkylation sites (tertiary alicyclic amines) is 1. The first-order valence-electron chi connectivity index (χ1n) is 15.8. The number of halogens is 2. The molecule has 4 heterocycles. The molecule has 4 amide bonds. The lowest BCUT2D eigenvalue weighted by Gasteiger charge is -2.39. The number of hydrogen-bond donors (Lipinski definition) is 3. The maximum absolute atomic E-state index is 14.3. The van der Waals surface area contributed by atoms with E-state index in [0.29, 0.717) is 43.6 Å². The molecule has 1 aromatic heterocycles. The first-order valence-corrected chi connectivity index (χ1v) is 18.3. The Morgan fingerprint density at radius 3 is 2.46 bits per heavy atom. The van der Waals surface area contributed by atoms with E-state index in [1.54, 1.807) is 4.90 Å². The van der Waals surface area contributed by atoms with Crippen LogP contribution in [-0.2, 0) is 24.6 Å². The van der Waals surface area contributed by atoms with Gasteiger partial charge in [-0.25, -0.2) is 0 Å². The van der Waals surface area contributed by atoms with E-state index in [1.807, 2.05) is 4.90 Å². The zero-order chi connectivity index (χ0) is 33.0. The maximum Gasteiger partial charge on any atom is 0.399 e. The van der Waals surface area contributed by atoms with Crippen molar-refractivity contribution in [1.82, 2.24) is 20.0 Å². The summed E-state index contributed by atoms with van der Waals surface area (Å²) in [5.41, 5.74) is -5.12. The quantitative estimate of drug-likeness (QED) is 0.405. The number of benzene rings is 1. The van der Waals surface area contributed by atoms with Crippen LogP contribution in [0.2, 0.25) is 0 Å². The number of fused-ring (bicyclic) bond motifs is 2. The number of hydrogen-bond acceptors (Lipinski definition) is 6. The van der Waals surface area contributed by atoms with E-state index in [0.717, 1.165) is 42.7 Å². The average molecular weight is 681 g/mol. The average Bonchev–Trinajstić information content (AvgIpc) is 3.73. The minimum atomic E-state index is -5.78. The molecule has 0 unspecified atom stereocenters. The Morgan fingerprint density at radius 2 is 1.76 bits per heavy atom. The second kappa shape index (κ2) is 12.3. The predicted molar refractivity (Wildman–Crippen MR) is 166 cm³/mol. The highest BCUT2D eigenvalue weighted by atomic mass is 32.1. The first kappa shape index (κ1) is 33.0. The molecular weight excluding hydrogens is 641 g/mol. The van der Waals surface area contributed by atoms with Crippen molar-refractivity contribution in [2.45, 2.75) is 88.5 Å². The van der Waals surface area contributed by atoms with Crippen molar-refractivity contribution in [2.75, 3.05) is 26.2 Å². The molecule has 4 fully saturated rings. The summed E-state index contributed by atoms with van der Waals surface area (Å²) in [6, 6.07) is 2.38. The van der Waals surface area contributed by atoms with Gasteiger partial charge in [-0.2, -0.15) is 8.78 Å². The van der Waals surface area contributed by atoms with Crippen molar-refractivity contribution in [3.8, 4) is 0 Å². The molecule has 6 rings (SSSR count). The van der Waals surface area contributed by atoms with E-state index >= 15 is 0 Å². The van der Waals surface area contributed by atoms with Crippen LogP contribution < -0.4 is 5.32 Å². The first-order chi connectivity index (χ1) is 21.7. The molecule has 1 saturated carbocycles. The lowest BCUT2D eigenvalue weighted by atomic mass is 9.73. The molecule has 3 atom stereocenters. The van der Waals surface area contributed by atoms with Crippen molar-refractivity contribution >= 4 is 52.6 Å². The van der Waals surface area contributed by atoms with Crippen LogP contribution in [0.3, 0.4) is 0 Å². The zero-order valence-corrected chi connectivity index (χ0v) is 27.3. The molecule has 250 valence electrons. The Hall–Kier alpha value is -2.93. The highest BCUT2D eigenvalue weighted by Gasteiger charge is 2.51. The number of amides is 4. The van der Waals surface area contributed by atoms with Gasteiger partial charge >= 0.3 is 13.3 Å². The Bertz CT molecular complexity index is 1610. The normalized spacial score (nSPS) is 25.5. The molecule has 15 heteroatoms. The molecule has 4 aliphatic rings. The van der Waals surface area contributed by atoms with Crippen molar-refractivity contribution in [1.29, 1.82) is 0 Å². The molecule has 11 nitrogen and oxygen atoms in total. The van der Waals surface area contributed by atoms with Crippen molar-refractivity contribution in [3.63, 3.8) is 0 Å². The minimum absolute atomic E-state index is 0.0557. The van der Waals surface area contributed by atoms with Gasteiger partial charge in [-0.05, 0) is 67.5 Å². The van der Waals surface area contributed by atoms with Gasteiger partial charge in [-0.15, -0.1) is 11.3 Å². The van der Waals surface area contributed by atoms with Gasteiger partial charge in [0.25, 0.3) is 5.91 Å². The lowest BCUT2D eigenvalue weighted by Crippen LogP contribution is -2.61. The molecule has 1 aliphatic carbocycles. The van der Waals surface area contributed by atoms with Gasteiger partial charge in [0.2, 0.25) is 17.7 Å². The Balaban J connectivity index is 1.23. The predicted octanol–water partition coefficient (Wildman–Crippen LogP) is 4.02. The Kier molecular flexibility index (Phi) is 8.79. The maximum atomic E-state index is 14.3. The highest BCUT2D eigenvalue weighted by Crippen LogP contribution is 2.59. The van der Waals surface area contributed by atoms with E-state index < -0.39 is 42.7 Å². The SMILES string of the molecule is CC(=O)N1CC[C@H]2CC[C@@H](C(=O)N3CCC4(CCCCC4)C3)N2C(=O)[C@@H](NC(=O)c2cc3cc(C(F)(F)P(=O)(O)O)ccc3s2)C1. The standard InChI is InChI=1S/C31H39F2N4O7PS/c1-19(38)35-13-9-22-6-7-24(29(41)36-14-12-30(18-36)10-3-2-4-11-30)37(22)28(40)23(17-35)34-27(39)26-16-20-15-21(5-8-25(20)46-26)31(32,33)45(42,43)44/h5,8,15-16,22-24H,2-4,6-7,9-14,17-18H2,1H3,(H,34,39)(H2,42,43,44)/t22-,23+,24+/m1/s1. The number of nitrogens with zero attached hydrogens (tertiary/aromatic N) is 3. The topological polar surface area (TPSA) is 148 Å². The van der Waals surface area contributed by atoms with Gasteiger partial charge in [-0.1, -0.05) is 25.3 Å². The van der Waals surface area contributed by atoms with E-state index in [2.05, 4.69) is 5.32 Å². The van der Waals surface area contributed by atoms with E-state index in [4.69, 9.17) is 9.79 Å². The molecule has 3 N–H and O–H groups in total. The van der Waals surface area contributed by atoms with Crippen molar-refractivity contribution in [2.24, 2.45) is 5.41 Å². The second-order valence-electron chi connectivity index (χ2n) is 13.3. The molecule has 0 bridgehead atoms. The molecule has 2 aromatic rings. The minimum Gasteiger partial charge on any atom is -0.340 e. The van der Waals surface area contributed by atoms with Crippen LogP contribution in [0.5, 0.6) is 0 Å². The van der Waals surface area contributed by atoms with Crippen molar-refractivity contribution < 1.29 is 42.3 Å². The van der Waals surface area contributed by atoms with Crippen LogP contribution in [0, 0.1) is 5.41 Å². The number of nitrogens with one attached hydrogen (secondary N) is 1. The number of alkyl halides is 2. The van der Waals surface area contributed by atoms with Crippen LogP contribution in [-0.4, -0.2) is 92.4 Å². The second-order valence-corrected chi connectivity index (χ2v) is 16.0. The fourth-order valence-corrected chi connectivity index (χ4v) is 9.22. The number of thiophene rings is 1. The number of carbonyl (C=O) groups is 4. The van der Waals surface area contributed by atoms with Crippen molar-refractivity contribution in [3.05, 3.63) is 34.7 Å². The molecule has 0 radical (unpaired) electrons. The largest absolute Gasteiger partial charge is 0.399 e. The van der Waals surface area contributed by atoms with Gasteiger partial charge in [0, 0.05) is 49.4 Å². The van der Waals surface area contributed by atoms with Crippen LogP contribution in [0.1, 0.15) is 79.9 Å². The van der Waals surface area contributed by atoms with Crippen LogP contribution in [0.15, 0.2) is 24.3 Å².